The van der Waals surface area contributed by atoms with E-state index >= 15 is 0 Å². The van der Waals surface area contributed by atoms with Gasteiger partial charge in [-0.1, -0.05) is 0 Å². The quantitative estimate of drug-likeness (QED) is 0.217. The van der Waals surface area contributed by atoms with Crippen molar-refractivity contribution in [2.45, 2.75) is 26.8 Å². The van der Waals surface area contributed by atoms with Crippen LogP contribution in [0.1, 0.15) is 20.8 Å². The van der Waals surface area contributed by atoms with Crippen LogP contribution in [0.5, 0.6) is 0 Å². The molecule has 0 aliphatic rings. The number of nitro groups is 1. The zero-order valence-electron chi connectivity index (χ0n) is 13.9. The number of anilines is 1. The first-order valence-electron chi connectivity index (χ1n) is 6.54. The Hall–Kier alpha value is -0.850. The van der Waals surface area contributed by atoms with Gasteiger partial charge in [-0.05, 0) is 49.6 Å². The fourth-order valence-electron chi connectivity index (χ4n) is 1.58. The van der Waals surface area contributed by atoms with E-state index < -0.39 is 18.4 Å². The summed E-state index contributed by atoms with van der Waals surface area (Å²) < 4.78 is 0. The van der Waals surface area contributed by atoms with Crippen LogP contribution in [0.25, 0.3) is 0 Å². The van der Waals surface area contributed by atoms with Gasteiger partial charge in [0.2, 0.25) is 5.91 Å². The molecule has 150 valence electrons. The molecule has 6 N–H and O–H groups in total. The van der Waals surface area contributed by atoms with Crippen LogP contribution in [0.15, 0.2) is 24.3 Å². The Bertz CT molecular complexity index is 651. The number of rotatable bonds is 3. The predicted octanol–water partition coefficient (Wildman–Crippen LogP) is 0.732. The van der Waals surface area contributed by atoms with Gasteiger partial charge in [0.05, 0.1) is 4.92 Å². The molecule has 0 saturated carbocycles. The van der Waals surface area contributed by atoms with Crippen molar-refractivity contribution in [2.24, 2.45) is 0 Å². The fraction of sp³-hybridized carbons (Fsp3) is 0.364. The van der Waals surface area contributed by atoms with Gasteiger partial charge in [0.1, 0.15) is 0 Å². The van der Waals surface area contributed by atoms with Crippen LogP contribution < -0.4 is 4.90 Å². The number of non-ortho nitro benzene ring substituents is 1. The Balaban J connectivity index is 0. The highest BCUT2D eigenvalue weighted by atomic mass is 32.5. The summed E-state index contributed by atoms with van der Waals surface area (Å²) in [7, 11) is 0. The molecule has 0 aliphatic carbocycles. The minimum Gasteiger partial charge on any atom is -0.325 e. The van der Waals surface area contributed by atoms with E-state index in [1.54, 1.807) is 17.0 Å². The third-order valence-electron chi connectivity index (χ3n) is 2.19. The van der Waals surface area contributed by atoms with E-state index in [0.29, 0.717) is 5.69 Å². The van der Waals surface area contributed by atoms with E-state index in [9.17, 15) is 14.9 Å². The number of carbonyl (C=O) groups excluding carboxylic acids is 1. The molecule has 0 atom stereocenters. The molecule has 1 amide bonds. The van der Waals surface area contributed by atoms with E-state index in [-0.39, 0.29) is 17.6 Å². The van der Waals surface area contributed by atoms with Crippen LogP contribution >= 0.6 is 13.4 Å². The Labute approximate surface area is 159 Å². The number of nitrogens with zero attached hydrogens (tertiary/aromatic N) is 2. The molecule has 0 saturated heterocycles. The lowest BCUT2D eigenvalue weighted by atomic mass is 10.2. The van der Waals surface area contributed by atoms with Crippen LogP contribution in [-0.2, 0) is 28.4 Å². The summed E-state index contributed by atoms with van der Waals surface area (Å²) in [6, 6.07) is 5.99. The fourth-order valence-corrected chi connectivity index (χ4v) is 1.58. The Morgan fingerprint density at radius 3 is 1.54 bits per heavy atom. The first-order chi connectivity index (χ1) is 11.4. The standard InChI is InChI=1S/C11H14N2O3.2H3O3PS/c1-8(2)12(9(3)14)10-4-6-11(7-5-10)13(15)16;2*1-4(2,3)5/h4-8H,1-3H3;2*(H3,1,2,3,5). The third kappa shape index (κ3) is 18.0. The second-order valence-corrected chi connectivity index (χ2v) is 9.78. The third-order valence-corrected chi connectivity index (χ3v) is 2.19. The molecule has 1 aromatic carbocycles. The first-order valence-corrected chi connectivity index (χ1v) is 11.9. The number of carbonyl (C=O) groups is 1. The van der Waals surface area contributed by atoms with Gasteiger partial charge in [0, 0.05) is 30.8 Å². The number of benzene rings is 1. The van der Waals surface area contributed by atoms with Crippen molar-refractivity contribution in [3.8, 4) is 0 Å². The highest BCUT2D eigenvalue weighted by molar-refractivity contribution is 8.06. The maximum Gasteiger partial charge on any atom is 0.319 e. The summed E-state index contributed by atoms with van der Waals surface area (Å²) in [5.74, 6) is -0.0798. The molecule has 0 bridgehead atoms. The average Bonchev–Trinajstić information content (AvgIpc) is 2.34. The molecular weight excluding hydrogens is 430 g/mol. The van der Waals surface area contributed by atoms with Gasteiger partial charge >= 0.3 is 13.4 Å². The number of amides is 1. The van der Waals surface area contributed by atoms with Gasteiger partial charge in [-0.2, -0.15) is 0 Å². The molecule has 0 heterocycles. The maximum atomic E-state index is 11.4. The van der Waals surface area contributed by atoms with Crippen molar-refractivity contribution in [2.75, 3.05) is 4.90 Å². The van der Waals surface area contributed by atoms with Crippen LogP contribution in [0.2, 0.25) is 0 Å². The van der Waals surface area contributed by atoms with Gasteiger partial charge in [0.15, 0.2) is 0 Å². The molecule has 0 unspecified atom stereocenters. The van der Waals surface area contributed by atoms with E-state index in [1.165, 1.54) is 19.1 Å². The Morgan fingerprint density at radius 2 is 1.35 bits per heavy atom. The average molecular weight is 450 g/mol. The molecule has 0 fully saturated rings. The number of nitro benzene ring substituents is 1. The van der Waals surface area contributed by atoms with Gasteiger partial charge in [-0.25, -0.2) is 0 Å². The largest absolute Gasteiger partial charge is 0.325 e. The lowest BCUT2D eigenvalue weighted by molar-refractivity contribution is -0.384. The predicted molar refractivity (Wildman–Crippen MR) is 103 cm³/mol. The zero-order chi connectivity index (χ0) is 21.3. The second kappa shape index (κ2) is 11.8. The van der Waals surface area contributed by atoms with Crippen LogP contribution in [0.4, 0.5) is 11.4 Å². The lowest BCUT2D eigenvalue weighted by Crippen LogP contribution is -2.34. The van der Waals surface area contributed by atoms with E-state index in [2.05, 4.69) is 23.6 Å². The summed E-state index contributed by atoms with van der Waals surface area (Å²) in [4.78, 5) is 68.3. The first kappa shape index (κ1) is 27.4. The molecule has 0 radical (unpaired) electrons. The van der Waals surface area contributed by atoms with Gasteiger partial charge in [0.25, 0.3) is 5.69 Å². The molecule has 11 nitrogen and oxygen atoms in total. The van der Waals surface area contributed by atoms with Crippen LogP contribution in [0, 0.1) is 10.1 Å². The summed E-state index contributed by atoms with van der Waals surface area (Å²) in [6.07, 6.45) is 0. The van der Waals surface area contributed by atoms with Crippen LogP contribution in [-0.4, -0.2) is 46.2 Å². The number of hydrogen-bond acceptors (Lipinski definition) is 5. The molecule has 1 aromatic rings. The van der Waals surface area contributed by atoms with Crippen molar-refractivity contribution in [3.63, 3.8) is 0 Å². The summed E-state index contributed by atoms with van der Waals surface area (Å²) in [5, 5.41) is 10.5. The molecule has 0 aromatic heterocycles. The second-order valence-electron chi connectivity index (χ2n) is 4.78. The topological polar surface area (TPSA) is 185 Å². The summed E-state index contributed by atoms with van der Waals surface area (Å²) in [6.45, 7) is -2.35. The van der Waals surface area contributed by atoms with E-state index in [1.807, 2.05) is 13.8 Å². The molecule has 26 heavy (non-hydrogen) atoms. The zero-order valence-corrected chi connectivity index (χ0v) is 17.3. The minimum absolute atomic E-state index is 0.0241. The van der Waals surface area contributed by atoms with Crippen molar-refractivity contribution in [3.05, 3.63) is 34.4 Å². The van der Waals surface area contributed by atoms with Gasteiger partial charge < -0.3 is 34.3 Å². The normalized spacial score (nSPS) is 10.8. The highest BCUT2D eigenvalue weighted by Gasteiger charge is 2.15. The molecular formula is C11H20N2O9P2S2. The van der Waals surface area contributed by atoms with Crippen molar-refractivity contribution < 1.29 is 39.1 Å². The van der Waals surface area contributed by atoms with E-state index in [0.717, 1.165) is 0 Å². The SMILES string of the molecule is CC(=O)N(c1ccc([N+](=O)[O-])cc1)C(C)C.OP(O)(O)=S.OP(O)(O)=S. The van der Waals surface area contributed by atoms with Crippen LogP contribution in [0.3, 0.4) is 0 Å². The van der Waals surface area contributed by atoms with E-state index in [4.69, 9.17) is 29.4 Å². The molecule has 0 spiro atoms. The molecule has 15 heteroatoms. The minimum atomic E-state index is -3.81. The van der Waals surface area contributed by atoms with Gasteiger partial charge in [-0.15, -0.1) is 0 Å². The highest BCUT2D eigenvalue weighted by Crippen LogP contribution is 2.27. The van der Waals surface area contributed by atoms with Crippen molar-refractivity contribution in [1.82, 2.24) is 0 Å². The molecule has 0 aliphatic heterocycles. The number of hydrogen-bond donors (Lipinski definition) is 6. The maximum absolute atomic E-state index is 11.4. The summed E-state index contributed by atoms with van der Waals surface area (Å²) >= 11 is 7.21. The van der Waals surface area contributed by atoms with Gasteiger partial charge in [-0.3, -0.25) is 14.9 Å². The lowest BCUT2D eigenvalue weighted by Gasteiger charge is -2.25. The summed E-state index contributed by atoms with van der Waals surface area (Å²) in [5.41, 5.74) is 0.698. The Morgan fingerprint density at radius 1 is 1.04 bits per heavy atom. The smallest absolute Gasteiger partial charge is 0.319 e. The monoisotopic (exact) mass is 450 g/mol. The Kier molecular flexibility index (Phi) is 12.4. The molecule has 1 rings (SSSR count). The van der Waals surface area contributed by atoms with Crippen molar-refractivity contribution >= 4 is 54.3 Å². The van der Waals surface area contributed by atoms with Crippen molar-refractivity contribution in [1.29, 1.82) is 0 Å².